The zero-order valence-corrected chi connectivity index (χ0v) is 13.3. The van der Waals surface area contributed by atoms with Crippen molar-refractivity contribution in [2.24, 2.45) is 0 Å². The van der Waals surface area contributed by atoms with E-state index in [1.807, 2.05) is 30.3 Å². The Balaban J connectivity index is 2.31. The van der Waals surface area contributed by atoms with E-state index in [4.69, 9.17) is 0 Å². The van der Waals surface area contributed by atoms with Crippen LogP contribution in [-0.4, -0.2) is 10.2 Å². The number of phenols is 2. The Morgan fingerprint density at radius 2 is 1.22 bits per heavy atom. The van der Waals surface area contributed by atoms with Crippen LogP contribution in [0.1, 0.15) is 25.3 Å². The van der Waals surface area contributed by atoms with E-state index in [1.165, 1.54) is 0 Å². The quantitative estimate of drug-likeness (QED) is 0.665. The second kappa shape index (κ2) is 6.17. The van der Waals surface area contributed by atoms with Gasteiger partial charge in [0.1, 0.15) is 11.5 Å². The first-order valence-electron chi connectivity index (χ1n) is 7.79. The highest BCUT2D eigenvalue weighted by atomic mass is 16.3. The van der Waals surface area contributed by atoms with Gasteiger partial charge in [0.15, 0.2) is 0 Å². The van der Waals surface area contributed by atoms with Gasteiger partial charge in [0.25, 0.3) is 0 Å². The van der Waals surface area contributed by atoms with Gasteiger partial charge in [-0.25, -0.2) is 0 Å². The average molecular weight is 304 g/mol. The summed E-state index contributed by atoms with van der Waals surface area (Å²) in [5.41, 5.74) is 4.75. The lowest BCUT2D eigenvalue weighted by molar-refractivity contribution is 0.454. The summed E-state index contributed by atoms with van der Waals surface area (Å²) in [4.78, 5) is 0. The fourth-order valence-corrected chi connectivity index (χ4v) is 3.08. The monoisotopic (exact) mass is 304 g/mol. The molecule has 0 aliphatic rings. The number of aromatic hydroxyl groups is 2. The van der Waals surface area contributed by atoms with Crippen molar-refractivity contribution in [2.45, 2.75) is 19.8 Å². The molecule has 2 nitrogen and oxygen atoms in total. The summed E-state index contributed by atoms with van der Waals surface area (Å²) in [7, 11) is 0. The summed E-state index contributed by atoms with van der Waals surface area (Å²) in [6.07, 6.45) is 0. The number of hydrogen-bond donors (Lipinski definition) is 2. The van der Waals surface area contributed by atoms with Crippen molar-refractivity contribution in [1.82, 2.24) is 0 Å². The molecule has 3 aromatic carbocycles. The lowest BCUT2D eigenvalue weighted by atomic mass is 9.85. The molecule has 0 spiro atoms. The molecule has 3 aromatic rings. The van der Waals surface area contributed by atoms with Crippen LogP contribution in [0.5, 0.6) is 11.5 Å². The molecule has 0 fully saturated rings. The second-order valence-corrected chi connectivity index (χ2v) is 5.96. The topological polar surface area (TPSA) is 40.5 Å². The molecule has 0 saturated carbocycles. The van der Waals surface area contributed by atoms with Gasteiger partial charge >= 0.3 is 0 Å². The Morgan fingerprint density at radius 1 is 0.652 bits per heavy atom. The van der Waals surface area contributed by atoms with Crippen molar-refractivity contribution in [2.75, 3.05) is 0 Å². The standard InChI is InChI=1S/C21H20O2/c1-14(2)20-16(15-8-4-3-5-9-15)10-6-11-17(20)21-18(22)12-7-13-19(21)23/h3-14,22-23H,1-2H3. The van der Waals surface area contributed by atoms with Crippen LogP contribution in [0.15, 0.2) is 66.7 Å². The summed E-state index contributed by atoms with van der Waals surface area (Å²) in [6, 6.07) is 21.1. The van der Waals surface area contributed by atoms with E-state index < -0.39 is 0 Å². The second-order valence-electron chi connectivity index (χ2n) is 5.96. The summed E-state index contributed by atoms with van der Waals surface area (Å²) in [5.74, 6) is 0.439. The van der Waals surface area contributed by atoms with E-state index >= 15 is 0 Å². The highest BCUT2D eigenvalue weighted by Crippen LogP contribution is 2.43. The fraction of sp³-hybridized carbons (Fsp3) is 0.143. The molecule has 116 valence electrons. The molecule has 0 saturated heterocycles. The van der Waals surface area contributed by atoms with E-state index in [0.717, 1.165) is 22.3 Å². The van der Waals surface area contributed by atoms with E-state index in [2.05, 4.69) is 32.0 Å². The van der Waals surface area contributed by atoms with E-state index in [1.54, 1.807) is 18.2 Å². The first-order chi connectivity index (χ1) is 11.1. The maximum atomic E-state index is 10.3. The largest absolute Gasteiger partial charge is 0.507 e. The van der Waals surface area contributed by atoms with E-state index in [-0.39, 0.29) is 17.4 Å². The van der Waals surface area contributed by atoms with Crippen molar-refractivity contribution in [1.29, 1.82) is 0 Å². The molecule has 2 N–H and O–H groups in total. The minimum Gasteiger partial charge on any atom is -0.507 e. The smallest absolute Gasteiger partial charge is 0.127 e. The first-order valence-corrected chi connectivity index (χ1v) is 7.79. The van der Waals surface area contributed by atoms with Crippen molar-refractivity contribution >= 4 is 0 Å². The Morgan fingerprint density at radius 3 is 1.83 bits per heavy atom. The molecule has 0 atom stereocenters. The van der Waals surface area contributed by atoms with Crippen molar-refractivity contribution in [3.63, 3.8) is 0 Å². The molecule has 0 aliphatic carbocycles. The minimum absolute atomic E-state index is 0.0945. The van der Waals surface area contributed by atoms with Crippen LogP contribution in [-0.2, 0) is 0 Å². The molecule has 0 aromatic heterocycles. The maximum Gasteiger partial charge on any atom is 0.127 e. The van der Waals surface area contributed by atoms with Gasteiger partial charge in [-0.3, -0.25) is 0 Å². The molecule has 3 rings (SSSR count). The van der Waals surface area contributed by atoms with Gasteiger partial charge in [-0.2, -0.15) is 0 Å². The number of hydrogen-bond acceptors (Lipinski definition) is 2. The molecule has 0 bridgehead atoms. The lowest BCUT2D eigenvalue weighted by Crippen LogP contribution is -1.97. The number of phenolic OH excluding ortho intramolecular Hbond substituents is 2. The van der Waals surface area contributed by atoms with Gasteiger partial charge in [0.05, 0.1) is 5.56 Å². The minimum atomic E-state index is 0.0945. The van der Waals surface area contributed by atoms with Crippen molar-refractivity contribution in [3.05, 3.63) is 72.3 Å². The molecule has 2 heteroatoms. The van der Waals surface area contributed by atoms with Crippen LogP contribution < -0.4 is 0 Å². The lowest BCUT2D eigenvalue weighted by Gasteiger charge is -2.19. The Kier molecular flexibility index (Phi) is 4.07. The highest BCUT2D eigenvalue weighted by molar-refractivity contribution is 5.84. The molecule has 23 heavy (non-hydrogen) atoms. The molecule has 0 unspecified atom stereocenters. The number of rotatable bonds is 3. The van der Waals surface area contributed by atoms with Crippen molar-refractivity contribution < 1.29 is 10.2 Å². The number of benzene rings is 3. The summed E-state index contributed by atoms with van der Waals surface area (Å²) < 4.78 is 0. The first kappa shape index (κ1) is 15.2. The van der Waals surface area contributed by atoms with Crippen LogP contribution in [0.4, 0.5) is 0 Å². The third-order valence-electron chi connectivity index (χ3n) is 4.06. The van der Waals surface area contributed by atoms with Gasteiger partial charge in [0.2, 0.25) is 0 Å². The molecule has 0 aliphatic heterocycles. The highest BCUT2D eigenvalue weighted by Gasteiger charge is 2.19. The molecular formula is C21H20O2. The summed E-state index contributed by atoms with van der Waals surface area (Å²) >= 11 is 0. The Hall–Kier alpha value is -2.74. The summed E-state index contributed by atoms with van der Waals surface area (Å²) in [5, 5.41) is 20.5. The maximum absolute atomic E-state index is 10.3. The Labute approximate surface area is 136 Å². The molecule has 0 amide bonds. The van der Waals surface area contributed by atoms with Crippen LogP contribution in [0, 0.1) is 0 Å². The zero-order valence-electron chi connectivity index (χ0n) is 13.3. The third-order valence-corrected chi connectivity index (χ3v) is 4.06. The SMILES string of the molecule is CC(C)c1c(-c2ccccc2)cccc1-c1c(O)cccc1O. The zero-order chi connectivity index (χ0) is 16.4. The van der Waals surface area contributed by atoms with Gasteiger partial charge < -0.3 is 10.2 Å². The van der Waals surface area contributed by atoms with E-state index in [9.17, 15) is 10.2 Å². The molecule has 0 radical (unpaired) electrons. The van der Waals surface area contributed by atoms with Crippen molar-refractivity contribution in [3.8, 4) is 33.8 Å². The average Bonchev–Trinajstić information content (AvgIpc) is 2.55. The van der Waals surface area contributed by atoms with Crippen LogP contribution >= 0.6 is 0 Å². The Bertz CT molecular complexity index is 800. The van der Waals surface area contributed by atoms with E-state index in [0.29, 0.717) is 5.56 Å². The van der Waals surface area contributed by atoms with Gasteiger partial charge in [-0.15, -0.1) is 0 Å². The van der Waals surface area contributed by atoms with Gasteiger partial charge in [0, 0.05) is 0 Å². The third kappa shape index (κ3) is 2.80. The van der Waals surface area contributed by atoms with Gasteiger partial charge in [-0.1, -0.05) is 68.4 Å². The fourth-order valence-electron chi connectivity index (χ4n) is 3.08. The van der Waals surface area contributed by atoms with Gasteiger partial charge in [-0.05, 0) is 40.3 Å². The molecular weight excluding hydrogens is 284 g/mol. The normalized spacial score (nSPS) is 10.9. The predicted molar refractivity (Wildman–Crippen MR) is 94.7 cm³/mol. The predicted octanol–water partition coefficient (Wildman–Crippen LogP) is 5.56. The van der Waals surface area contributed by atoms with Crippen LogP contribution in [0.2, 0.25) is 0 Å². The summed E-state index contributed by atoms with van der Waals surface area (Å²) in [6.45, 7) is 4.25. The van der Waals surface area contributed by atoms with Crippen LogP contribution in [0.25, 0.3) is 22.3 Å². The van der Waals surface area contributed by atoms with Crippen LogP contribution in [0.3, 0.4) is 0 Å². The molecule has 0 heterocycles.